The lowest BCUT2D eigenvalue weighted by molar-refractivity contribution is 0.321. The Morgan fingerprint density at radius 2 is 1.94 bits per heavy atom. The molecule has 1 aliphatic rings. The maximum absolute atomic E-state index is 3.59. The van der Waals surface area contributed by atoms with Crippen molar-refractivity contribution in [1.82, 2.24) is 4.90 Å². The molecule has 1 aromatic rings. The molecule has 2 heteroatoms. The van der Waals surface area contributed by atoms with Gasteiger partial charge in [0, 0.05) is 18.4 Å². The zero-order valence-corrected chi connectivity index (χ0v) is 11.8. The second-order valence-electron chi connectivity index (χ2n) is 5.04. The van der Waals surface area contributed by atoms with Gasteiger partial charge in [-0.25, -0.2) is 0 Å². The van der Waals surface area contributed by atoms with Crippen molar-refractivity contribution in [3.63, 3.8) is 0 Å². The Bertz CT molecular complexity index is 342. The summed E-state index contributed by atoms with van der Waals surface area (Å²) in [5.74, 6) is 0.853. The van der Waals surface area contributed by atoms with Crippen molar-refractivity contribution < 1.29 is 0 Å². The van der Waals surface area contributed by atoms with Crippen molar-refractivity contribution in [3.05, 3.63) is 34.9 Å². The Hall–Kier alpha value is -0.340. The standard InChI is InChI=1S/C14H20BrN/c1-11-5-12(2)7-14(6-11)10-16-4-3-13(8-15)9-16/h5-7,13H,3-4,8-10H2,1-2H3. The number of likely N-dealkylation sites (tertiary alicyclic amines) is 1. The van der Waals surface area contributed by atoms with Crippen molar-refractivity contribution in [2.24, 2.45) is 5.92 Å². The summed E-state index contributed by atoms with van der Waals surface area (Å²) in [6, 6.07) is 6.87. The first-order valence-electron chi connectivity index (χ1n) is 6.03. The third-order valence-corrected chi connectivity index (χ3v) is 4.19. The molecule has 0 radical (unpaired) electrons. The minimum Gasteiger partial charge on any atom is -0.299 e. The van der Waals surface area contributed by atoms with E-state index in [-0.39, 0.29) is 0 Å². The molecule has 0 amide bonds. The van der Waals surface area contributed by atoms with Gasteiger partial charge in [-0.05, 0) is 38.3 Å². The minimum atomic E-state index is 0.853. The van der Waals surface area contributed by atoms with Crippen LogP contribution < -0.4 is 0 Å². The van der Waals surface area contributed by atoms with Gasteiger partial charge in [-0.3, -0.25) is 4.90 Å². The molecular formula is C14H20BrN. The summed E-state index contributed by atoms with van der Waals surface area (Å²) in [4.78, 5) is 2.57. The van der Waals surface area contributed by atoms with E-state index < -0.39 is 0 Å². The van der Waals surface area contributed by atoms with E-state index in [4.69, 9.17) is 0 Å². The number of hydrogen-bond donors (Lipinski definition) is 0. The summed E-state index contributed by atoms with van der Waals surface area (Å²) in [6.07, 6.45) is 1.34. The topological polar surface area (TPSA) is 3.24 Å². The highest BCUT2D eigenvalue weighted by Gasteiger charge is 2.21. The summed E-state index contributed by atoms with van der Waals surface area (Å²) in [5, 5.41) is 1.15. The van der Waals surface area contributed by atoms with Crippen LogP contribution in [0.3, 0.4) is 0 Å². The van der Waals surface area contributed by atoms with Gasteiger partial charge < -0.3 is 0 Å². The van der Waals surface area contributed by atoms with Crippen LogP contribution in [0.25, 0.3) is 0 Å². The van der Waals surface area contributed by atoms with Gasteiger partial charge in [0.1, 0.15) is 0 Å². The average Bonchev–Trinajstić information content (AvgIpc) is 2.64. The summed E-state index contributed by atoms with van der Waals surface area (Å²) < 4.78 is 0. The SMILES string of the molecule is Cc1cc(C)cc(CN2CCC(CBr)C2)c1. The van der Waals surface area contributed by atoms with Gasteiger partial charge >= 0.3 is 0 Å². The van der Waals surface area contributed by atoms with Crippen molar-refractivity contribution in [3.8, 4) is 0 Å². The van der Waals surface area contributed by atoms with Gasteiger partial charge in [0.2, 0.25) is 0 Å². The van der Waals surface area contributed by atoms with Crippen molar-refractivity contribution in [1.29, 1.82) is 0 Å². The van der Waals surface area contributed by atoms with Gasteiger partial charge in [0.25, 0.3) is 0 Å². The van der Waals surface area contributed by atoms with E-state index in [1.165, 1.54) is 36.2 Å². The number of halogens is 1. The van der Waals surface area contributed by atoms with Crippen LogP contribution in [-0.2, 0) is 6.54 Å². The van der Waals surface area contributed by atoms with Crippen LogP contribution in [-0.4, -0.2) is 23.3 Å². The number of hydrogen-bond acceptors (Lipinski definition) is 1. The summed E-state index contributed by atoms with van der Waals surface area (Å²) in [5.41, 5.74) is 4.23. The molecule has 0 aromatic heterocycles. The highest BCUT2D eigenvalue weighted by Crippen LogP contribution is 2.21. The largest absolute Gasteiger partial charge is 0.299 e. The van der Waals surface area contributed by atoms with E-state index in [1.54, 1.807) is 0 Å². The molecule has 1 nitrogen and oxygen atoms in total. The number of alkyl halides is 1. The number of aryl methyl sites for hydroxylation is 2. The fraction of sp³-hybridized carbons (Fsp3) is 0.571. The molecule has 1 atom stereocenters. The average molecular weight is 282 g/mol. The zero-order chi connectivity index (χ0) is 11.5. The van der Waals surface area contributed by atoms with Gasteiger partial charge in [-0.2, -0.15) is 0 Å². The zero-order valence-electron chi connectivity index (χ0n) is 10.2. The van der Waals surface area contributed by atoms with Gasteiger partial charge in [0.15, 0.2) is 0 Å². The molecule has 1 aromatic carbocycles. The Morgan fingerprint density at radius 3 is 2.50 bits per heavy atom. The lowest BCUT2D eigenvalue weighted by Gasteiger charge is -2.16. The predicted molar refractivity (Wildman–Crippen MR) is 73.1 cm³/mol. The predicted octanol–water partition coefficient (Wildman–Crippen LogP) is 3.52. The Labute approximate surface area is 107 Å². The molecule has 1 aliphatic heterocycles. The maximum atomic E-state index is 3.59. The Balaban J connectivity index is 1.99. The van der Waals surface area contributed by atoms with Gasteiger partial charge in [-0.1, -0.05) is 45.3 Å². The molecule has 0 N–H and O–H groups in total. The lowest BCUT2D eigenvalue weighted by atomic mass is 10.1. The second-order valence-corrected chi connectivity index (χ2v) is 5.69. The van der Waals surface area contributed by atoms with Gasteiger partial charge in [-0.15, -0.1) is 0 Å². The van der Waals surface area contributed by atoms with Crippen LogP contribution >= 0.6 is 15.9 Å². The van der Waals surface area contributed by atoms with Crippen LogP contribution in [0.4, 0.5) is 0 Å². The number of rotatable bonds is 3. The molecule has 88 valence electrons. The third-order valence-electron chi connectivity index (χ3n) is 3.28. The fourth-order valence-electron chi connectivity index (χ4n) is 2.60. The monoisotopic (exact) mass is 281 g/mol. The van der Waals surface area contributed by atoms with Crippen LogP contribution in [0, 0.1) is 19.8 Å². The van der Waals surface area contributed by atoms with Crippen molar-refractivity contribution in [2.45, 2.75) is 26.8 Å². The fourth-order valence-corrected chi connectivity index (χ4v) is 3.13. The molecule has 0 aliphatic carbocycles. The van der Waals surface area contributed by atoms with Crippen molar-refractivity contribution >= 4 is 15.9 Å². The quantitative estimate of drug-likeness (QED) is 0.767. The van der Waals surface area contributed by atoms with E-state index in [9.17, 15) is 0 Å². The maximum Gasteiger partial charge on any atom is 0.0234 e. The van der Waals surface area contributed by atoms with E-state index in [1.807, 2.05) is 0 Å². The Kier molecular flexibility index (Phi) is 4.04. The van der Waals surface area contributed by atoms with Crippen molar-refractivity contribution in [2.75, 3.05) is 18.4 Å². The molecule has 1 saturated heterocycles. The van der Waals surface area contributed by atoms with Crippen LogP contribution in [0.5, 0.6) is 0 Å². The van der Waals surface area contributed by atoms with E-state index in [0.717, 1.165) is 17.8 Å². The minimum absolute atomic E-state index is 0.853. The second kappa shape index (κ2) is 5.33. The van der Waals surface area contributed by atoms with Gasteiger partial charge in [0.05, 0.1) is 0 Å². The van der Waals surface area contributed by atoms with E-state index in [0.29, 0.717) is 0 Å². The molecule has 2 rings (SSSR count). The van der Waals surface area contributed by atoms with E-state index in [2.05, 4.69) is 52.9 Å². The normalized spacial score (nSPS) is 21.6. The molecule has 1 fully saturated rings. The highest BCUT2D eigenvalue weighted by atomic mass is 79.9. The lowest BCUT2D eigenvalue weighted by Crippen LogP contribution is -2.20. The number of benzene rings is 1. The molecule has 1 heterocycles. The smallest absolute Gasteiger partial charge is 0.0234 e. The first kappa shape index (κ1) is 12.1. The molecular weight excluding hydrogens is 262 g/mol. The molecule has 0 bridgehead atoms. The third kappa shape index (κ3) is 3.08. The van der Waals surface area contributed by atoms with Crippen LogP contribution in [0.15, 0.2) is 18.2 Å². The van der Waals surface area contributed by atoms with E-state index >= 15 is 0 Å². The first-order valence-corrected chi connectivity index (χ1v) is 7.15. The van der Waals surface area contributed by atoms with Crippen LogP contribution in [0.2, 0.25) is 0 Å². The van der Waals surface area contributed by atoms with Crippen LogP contribution in [0.1, 0.15) is 23.1 Å². The molecule has 0 spiro atoms. The Morgan fingerprint density at radius 1 is 1.25 bits per heavy atom. The molecule has 1 unspecified atom stereocenters. The highest BCUT2D eigenvalue weighted by molar-refractivity contribution is 9.09. The summed E-state index contributed by atoms with van der Waals surface area (Å²) >= 11 is 3.59. The number of nitrogens with zero attached hydrogens (tertiary/aromatic N) is 1. The first-order chi connectivity index (χ1) is 7.67. The summed E-state index contributed by atoms with van der Waals surface area (Å²) in [7, 11) is 0. The molecule has 0 saturated carbocycles. The molecule has 16 heavy (non-hydrogen) atoms. The summed E-state index contributed by atoms with van der Waals surface area (Å²) in [6.45, 7) is 7.98.